The maximum absolute atomic E-state index is 13.3. The van der Waals surface area contributed by atoms with Crippen LogP contribution in [0.5, 0.6) is 5.75 Å². The number of ether oxygens (including phenoxy) is 1. The van der Waals surface area contributed by atoms with E-state index in [-0.39, 0.29) is 11.5 Å². The van der Waals surface area contributed by atoms with Crippen molar-refractivity contribution < 1.29 is 18.4 Å². The van der Waals surface area contributed by atoms with Crippen molar-refractivity contribution in [1.82, 2.24) is 19.7 Å². The number of benzene rings is 3. The molecule has 2 heterocycles. The third-order valence-electron chi connectivity index (χ3n) is 5.29. The SMILES string of the molecule is COc1ccc(-c2noc(-c3cn(Cc4ccc(NC(=O)c5cccc(F)c5)cc4)cn3)n2)cc1. The number of nitrogens with zero attached hydrogens (tertiary/aromatic N) is 4. The molecule has 0 spiro atoms. The van der Waals surface area contributed by atoms with Crippen LogP contribution in [0.15, 0.2) is 89.8 Å². The number of halogens is 1. The van der Waals surface area contributed by atoms with Gasteiger partial charge in [0.2, 0.25) is 5.82 Å². The minimum atomic E-state index is -0.454. The van der Waals surface area contributed by atoms with E-state index in [1.54, 1.807) is 31.6 Å². The van der Waals surface area contributed by atoms with Crippen LogP contribution in [0.3, 0.4) is 0 Å². The molecule has 0 bridgehead atoms. The van der Waals surface area contributed by atoms with Crippen LogP contribution in [0.4, 0.5) is 10.1 Å². The Bertz CT molecular complexity index is 1460. The largest absolute Gasteiger partial charge is 0.497 e. The van der Waals surface area contributed by atoms with Crippen LogP contribution in [0.1, 0.15) is 15.9 Å². The second-order valence-electron chi connectivity index (χ2n) is 7.74. The van der Waals surface area contributed by atoms with Gasteiger partial charge in [0, 0.05) is 29.6 Å². The first kappa shape index (κ1) is 22.0. The van der Waals surface area contributed by atoms with E-state index in [2.05, 4.69) is 20.4 Å². The molecule has 1 amide bonds. The number of carbonyl (C=O) groups is 1. The first-order chi connectivity index (χ1) is 17.1. The summed E-state index contributed by atoms with van der Waals surface area (Å²) >= 11 is 0. The average Bonchev–Trinajstić information content (AvgIpc) is 3.55. The van der Waals surface area contributed by atoms with E-state index < -0.39 is 5.82 Å². The molecule has 2 aromatic heterocycles. The van der Waals surface area contributed by atoms with E-state index in [0.717, 1.165) is 16.9 Å². The molecule has 9 heteroatoms. The van der Waals surface area contributed by atoms with Crippen LogP contribution in [-0.4, -0.2) is 32.7 Å². The normalized spacial score (nSPS) is 10.8. The topological polar surface area (TPSA) is 95.1 Å². The Balaban J connectivity index is 1.23. The van der Waals surface area contributed by atoms with Crippen LogP contribution in [0, 0.1) is 5.82 Å². The zero-order valence-corrected chi connectivity index (χ0v) is 18.7. The summed E-state index contributed by atoms with van der Waals surface area (Å²) < 4.78 is 25.8. The molecule has 1 N–H and O–H groups in total. The molecule has 3 aromatic carbocycles. The quantitative estimate of drug-likeness (QED) is 0.359. The standard InChI is InChI=1S/C26H20FN5O3/c1-34-22-11-7-18(8-12-22)24-30-26(35-31-24)23-15-32(16-28-23)14-17-5-9-21(10-6-17)29-25(33)19-3-2-4-20(27)13-19/h2-13,15-16H,14H2,1H3,(H,29,33). The maximum Gasteiger partial charge on any atom is 0.278 e. The molecular formula is C26H20FN5O3. The number of imidazole rings is 1. The highest BCUT2D eigenvalue weighted by atomic mass is 19.1. The fourth-order valence-corrected chi connectivity index (χ4v) is 3.48. The maximum atomic E-state index is 13.3. The van der Waals surface area contributed by atoms with E-state index in [4.69, 9.17) is 9.26 Å². The number of methoxy groups -OCH3 is 1. The molecule has 0 saturated carbocycles. The van der Waals surface area contributed by atoms with E-state index >= 15 is 0 Å². The molecule has 0 aliphatic carbocycles. The van der Waals surface area contributed by atoms with Crippen LogP contribution < -0.4 is 10.1 Å². The van der Waals surface area contributed by atoms with Crippen LogP contribution in [0.2, 0.25) is 0 Å². The van der Waals surface area contributed by atoms with Crippen LogP contribution in [-0.2, 0) is 6.54 Å². The van der Waals surface area contributed by atoms with Crippen molar-refractivity contribution in [2.75, 3.05) is 12.4 Å². The predicted octanol–water partition coefficient (Wildman–Crippen LogP) is 5.05. The van der Waals surface area contributed by atoms with Crippen molar-refractivity contribution in [3.05, 3.63) is 102 Å². The molecule has 5 rings (SSSR count). The highest BCUT2D eigenvalue weighted by Crippen LogP contribution is 2.23. The van der Waals surface area contributed by atoms with E-state index in [9.17, 15) is 9.18 Å². The van der Waals surface area contributed by atoms with Crippen molar-refractivity contribution in [2.24, 2.45) is 0 Å². The van der Waals surface area contributed by atoms with E-state index in [0.29, 0.717) is 29.6 Å². The van der Waals surface area contributed by atoms with Crippen molar-refractivity contribution in [3.63, 3.8) is 0 Å². The van der Waals surface area contributed by atoms with Crippen molar-refractivity contribution >= 4 is 11.6 Å². The third-order valence-corrected chi connectivity index (χ3v) is 5.29. The molecule has 0 saturated heterocycles. The van der Waals surface area contributed by atoms with Gasteiger partial charge in [-0.25, -0.2) is 9.37 Å². The van der Waals surface area contributed by atoms with Crippen LogP contribution in [0.25, 0.3) is 23.0 Å². The monoisotopic (exact) mass is 469 g/mol. The van der Waals surface area contributed by atoms with Crippen LogP contribution >= 0.6 is 0 Å². The predicted molar refractivity (Wildman–Crippen MR) is 127 cm³/mol. The van der Waals surface area contributed by atoms with Gasteiger partial charge >= 0.3 is 0 Å². The number of amides is 1. The van der Waals surface area contributed by atoms with Gasteiger partial charge in [0.25, 0.3) is 11.8 Å². The highest BCUT2D eigenvalue weighted by molar-refractivity contribution is 6.04. The van der Waals surface area contributed by atoms with Gasteiger partial charge in [-0.15, -0.1) is 0 Å². The first-order valence-corrected chi connectivity index (χ1v) is 10.7. The van der Waals surface area contributed by atoms with Gasteiger partial charge in [0.1, 0.15) is 17.3 Å². The number of nitrogens with one attached hydrogen (secondary N) is 1. The fraction of sp³-hybridized carbons (Fsp3) is 0.0769. The van der Waals surface area contributed by atoms with Gasteiger partial charge in [0.15, 0.2) is 0 Å². The Morgan fingerprint density at radius 1 is 1.09 bits per heavy atom. The lowest BCUT2D eigenvalue weighted by atomic mass is 10.1. The van der Waals surface area contributed by atoms with Gasteiger partial charge in [-0.2, -0.15) is 4.98 Å². The highest BCUT2D eigenvalue weighted by Gasteiger charge is 2.13. The average molecular weight is 469 g/mol. The molecule has 0 aliphatic rings. The Morgan fingerprint density at radius 2 is 1.89 bits per heavy atom. The van der Waals surface area contributed by atoms with Gasteiger partial charge in [-0.3, -0.25) is 4.79 Å². The minimum Gasteiger partial charge on any atom is -0.497 e. The number of anilines is 1. The third kappa shape index (κ3) is 5.09. The molecule has 0 fully saturated rings. The summed E-state index contributed by atoms with van der Waals surface area (Å²) in [5.41, 5.74) is 3.26. The summed E-state index contributed by atoms with van der Waals surface area (Å²) in [5, 5.41) is 6.80. The molecule has 0 atom stereocenters. The Hall–Kier alpha value is -4.79. The number of hydrogen-bond acceptors (Lipinski definition) is 6. The lowest BCUT2D eigenvalue weighted by molar-refractivity contribution is 0.102. The lowest BCUT2D eigenvalue weighted by Gasteiger charge is -2.07. The van der Waals surface area contributed by atoms with E-state index in [1.165, 1.54) is 18.2 Å². The molecule has 8 nitrogen and oxygen atoms in total. The van der Waals surface area contributed by atoms with Gasteiger partial charge in [-0.1, -0.05) is 23.4 Å². The van der Waals surface area contributed by atoms with Crippen molar-refractivity contribution in [3.8, 4) is 28.7 Å². The minimum absolute atomic E-state index is 0.260. The molecule has 0 radical (unpaired) electrons. The molecular weight excluding hydrogens is 449 g/mol. The second kappa shape index (κ2) is 9.60. The molecule has 0 aliphatic heterocycles. The summed E-state index contributed by atoms with van der Waals surface area (Å²) in [5.74, 6) is 0.714. The first-order valence-electron chi connectivity index (χ1n) is 10.7. The lowest BCUT2D eigenvalue weighted by Crippen LogP contribution is -2.12. The molecule has 0 unspecified atom stereocenters. The molecule has 174 valence electrons. The number of aromatic nitrogens is 4. The fourth-order valence-electron chi connectivity index (χ4n) is 3.48. The number of hydrogen-bond donors (Lipinski definition) is 1. The zero-order chi connectivity index (χ0) is 24.2. The van der Waals surface area contributed by atoms with E-state index in [1.807, 2.05) is 47.2 Å². The number of rotatable bonds is 7. The summed E-state index contributed by atoms with van der Waals surface area (Å²) in [6.45, 7) is 0.560. The molecule has 35 heavy (non-hydrogen) atoms. The van der Waals surface area contributed by atoms with Gasteiger partial charge in [-0.05, 0) is 60.2 Å². The van der Waals surface area contributed by atoms with Gasteiger partial charge in [0.05, 0.1) is 13.4 Å². The summed E-state index contributed by atoms with van der Waals surface area (Å²) in [7, 11) is 1.61. The summed E-state index contributed by atoms with van der Waals surface area (Å²) in [6.07, 6.45) is 3.51. The Labute approximate surface area is 200 Å². The second-order valence-corrected chi connectivity index (χ2v) is 7.74. The van der Waals surface area contributed by atoms with Crippen molar-refractivity contribution in [2.45, 2.75) is 6.54 Å². The smallest absolute Gasteiger partial charge is 0.278 e. The Morgan fingerprint density at radius 3 is 2.63 bits per heavy atom. The summed E-state index contributed by atoms with van der Waals surface area (Å²) in [6, 6.07) is 20.3. The summed E-state index contributed by atoms with van der Waals surface area (Å²) in [4.78, 5) is 21.1. The molecule has 5 aromatic rings. The van der Waals surface area contributed by atoms with Crippen molar-refractivity contribution in [1.29, 1.82) is 0 Å². The zero-order valence-electron chi connectivity index (χ0n) is 18.7. The Kier molecular flexibility index (Phi) is 6.04. The number of carbonyl (C=O) groups excluding carboxylic acids is 1. The van der Waals surface area contributed by atoms with Gasteiger partial charge < -0.3 is 19.1 Å².